The summed E-state index contributed by atoms with van der Waals surface area (Å²) in [5, 5.41) is 13.2. The molecule has 0 fully saturated rings. The lowest BCUT2D eigenvalue weighted by Gasteiger charge is -1.92. The van der Waals surface area contributed by atoms with Gasteiger partial charge in [-0.3, -0.25) is 4.68 Å². The molecule has 0 aliphatic heterocycles. The molecule has 6 heteroatoms. The number of carbonyl (C=O) groups is 1. The summed E-state index contributed by atoms with van der Waals surface area (Å²) in [6.45, 7) is 3.58. The van der Waals surface area contributed by atoms with Crippen molar-refractivity contribution in [2.75, 3.05) is 0 Å². The lowest BCUT2D eigenvalue weighted by molar-refractivity contribution is 0.0662. The molecule has 0 aromatic carbocycles. The third kappa shape index (κ3) is 1.93. The summed E-state index contributed by atoms with van der Waals surface area (Å²) >= 11 is 0. The zero-order valence-electron chi connectivity index (χ0n) is 9.89. The maximum Gasteiger partial charge on any atom is 0.373 e. The van der Waals surface area contributed by atoms with Crippen LogP contribution in [-0.4, -0.2) is 25.8 Å². The van der Waals surface area contributed by atoms with Crippen molar-refractivity contribution in [3.05, 3.63) is 23.3 Å². The largest absolute Gasteiger partial charge is 0.475 e. The molecule has 90 valence electrons. The molecule has 0 aliphatic carbocycles. The molecular formula is C11H13N3O3. The van der Waals surface area contributed by atoms with Gasteiger partial charge in [-0.15, -0.1) is 0 Å². The first-order valence-electron chi connectivity index (χ1n) is 5.26. The molecule has 2 aromatic heterocycles. The number of aromatic carboxylic acids is 1. The van der Waals surface area contributed by atoms with Gasteiger partial charge in [0.2, 0.25) is 11.7 Å². The van der Waals surface area contributed by atoms with Crippen molar-refractivity contribution in [3.8, 4) is 11.5 Å². The number of carboxylic acids is 1. The summed E-state index contributed by atoms with van der Waals surface area (Å²) < 4.78 is 6.91. The van der Waals surface area contributed by atoms with Crippen LogP contribution in [0, 0.1) is 6.92 Å². The fourth-order valence-electron chi connectivity index (χ4n) is 1.68. The second-order valence-electron chi connectivity index (χ2n) is 3.76. The van der Waals surface area contributed by atoms with E-state index in [1.165, 1.54) is 0 Å². The van der Waals surface area contributed by atoms with Crippen LogP contribution >= 0.6 is 0 Å². The van der Waals surface area contributed by atoms with Crippen molar-refractivity contribution in [2.24, 2.45) is 7.05 Å². The van der Waals surface area contributed by atoms with Gasteiger partial charge < -0.3 is 9.52 Å². The van der Waals surface area contributed by atoms with Crippen molar-refractivity contribution in [2.45, 2.75) is 20.3 Å². The third-order valence-corrected chi connectivity index (χ3v) is 2.46. The number of oxazole rings is 1. The average molecular weight is 235 g/mol. The molecule has 0 spiro atoms. The summed E-state index contributed by atoms with van der Waals surface area (Å²) in [7, 11) is 1.80. The zero-order valence-corrected chi connectivity index (χ0v) is 9.89. The molecule has 2 heterocycles. The highest BCUT2D eigenvalue weighted by atomic mass is 16.4. The van der Waals surface area contributed by atoms with Gasteiger partial charge in [-0.2, -0.15) is 5.10 Å². The van der Waals surface area contributed by atoms with Crippen LogP contribution in [0.2, 0.25) is 0 Å². The molecule has 2 aromatic rings. The lowest BCUT2D eigenvalue weighted by Crippen LogP contribution is -1.95. The summed E-state index contributed by atoms with van der Waals surface area (Å²) in [6.07, 6.45) is 2.51. The predicted molar refractivity (Wildman–Crippen MR) is 59.8 cm³/mol. The molecule has 1 N–H and O–H groups in total. The topological polar surface area (TPSA) is 81.2 Å². The molecule has 0 saturated heterocycles. The maximum absolute atomic E-state index is 10.9. The zero-order chi connectivity index (χ0) is 12.6. The van der Waals surface area contributed by atoms with Crippen molar-refractivity contribution in [3.63, 3.8) is 0 Å². The van der Waals surface area contributed by atoms with Crippen molar-refractivity contribution in [1.82, 2.24) is 14.8 Å². The molecule has 0 saturated carbocycles. The van der Waals surface area contributed by atoms with E-state index in [1.54, 1.807) is 24.9 Å². The smallest absolute Gasteiger partial charge is 0.373 e. The molecule has 0 atom stereocenters. The van der Waals surface area contributed by atoms with Gasteiger partial charge in [0, 0.05) is 13.2 Å². The summed E-state index contributed by atoms with van der Waals surface area (Å²) in [5.41, 5.74) is 1.95. The van der Waals surface area contributed by atoms with Crippen LogP contribution in [0.25, 0.3) is 11.5 Å². The van der Waals surface area contributed by atoms with Crippen LogP contribution in [0.1, 0.15) is 28.9 Å². The first-order valence-corrected chi connectivity index (χ1v) is 5.26. The summed E-state index contributed by atoms with van der Waals surface area (Å²) in [5.74, 6) is -0.918. The fourth-order valence-corrected chi connectivity index (χ4v) is 1.68. The molecule has 0 aliphatic rings. The van der Waals surface area contributed by atoms with Gasteiger partial charge in [0.25, 0.3) is 0 Å². The van der Waals surface area contributed by atoms with E-state index in [9.17, 15) is 4.79 Å². The second-order valence-corrected chi connectivity index (χ2v) is 3.76. The van der Waals surface area contributed by atoms with E-state index >= 15 is 0 Å². The number of aromatic nitrogens is 3. The van der Waals surface area contributed by atoms with Gasteiger partial charge >= 0.3 is 5.97 Å². The van der Waals surface area contributed by atoms with Crippen LogP contribution in [0.4, 0.5) is 0 Å². The summed E-state index contributed by atoms with van der Waals surface area (Å²) in [6, 6.07) is 0. The Bertz CT molecular complexity index is 569. The van der Waals surface area contributed by atoms with E-state index in [2.05, 4.69) is 10.1 Å². The lowest BCUT2D eigenvalue weighted by atomic mass is 10.2. The molecule has 2 rings (SSSR count). The second kappa shape index (κ2) is 4.04. The Morgan fingerprint density at radius 1 is 1.59 bits per heavy atom. The first-order chi connectivity index (χ1) is 8.02. The van der Waals surface area contributed by atoms with E-state index < -0.39 is 5.97 Å². The average Bonchev–Trinajstić information content (AvgIpc) is 2.81. The van der Waals surface area contributed by atoms with Crippen LogP contribution in [0.15, 0.2) is 10.6 Å². The van der Waals surface area contributed by atoms with Crippen molar-refractivity contribution < 1.29 is 14.3 Å². The maximum atomic E-state index is 10.9. The Morgan fingerprint density at radius 2 is 2.29 bits per heavy atom. The minimum Gasteiger partial charge on any atom is -0.475 e. The van der Waals surface area contributed by atoms with E-state index in [4.69, 9.17) is 9.52 Å². The molecule has 6 nitrogen and oxygen atoms in total. The van der Waals surface area contributed by atoms with Crippen LogP contribution in [0.5, 0.6) is 0 Å². The van der Waals surface area contributed by atoms with E-state index in [0.717, 1.165) is 17.7 Å². The van der Waals surface area contributed by atoms with Gasteiger partial charge in [-0.1, -0.05) is 6.92 Å². The Kier molecular flexibility index (Phi) is 2.71. The Labute approximate surface area is 97.9 Å². The molecule has 0 amide bonds. The highest BCUT2D eigenvalue weighted by molar-refractivity contribution is 5.86. The Morgan fingerprint density at radius 3 is 2.82 bits per heavy atom. The molecule has 17 heavy (non-hydrogen) atoms. The van der Waals surface area contributed by atoms with Gasteiger partial charge in [0.15, 0.2) is 0 Å². The van der Waals surface area contributed by atoms with E-state index in [1.807, 2.05) is 6.92 Å². The minimum atomic E-state index is -1.11. The molecule has 0 radical (unpaired) electrons. The predicted octanol–water partition coefficient (Wildman–Crippen LogP) is 1.64. The number of hydrogen-bond donors (Lipinski definition) is 1. The van der Waals surface area contributed by atoms with Crippen LogP contribution in [0.3, 0.4) is 0 Å². The van der Waals surface area contributed by atoms with Crippen LogP contribution < -0.4 is 0 Å². The number of nitrogens with zero attached hydrogens (tertiary/aromatic N) is 3. The van der Waals surface area contributed by atoms with Crippen molar-refractivity contribution >= 4 is 5.97 Å². The van der Waals surface area contributed by atoms with E-state index in [0.29, 0.717) is 11.6 Å². The van der Waals surface area contributed by atoms with Gasteiger partial charge in [0.1, 0.15) is 0 Å². The van der Waals surface area contributed by atoms with Gasteiger partial charge in [0.05, 0.1) is 17.0 Å². The normalized spacial score (nSPS) is 10.8. The highest BCUT2D eigenvalue weighted by Gasteiger charge is 2.20. The molecule has 0 bridgehead atoms. The minimum absolute atomic E-state index is 0.120. The quantitative estimate of drug-likeness (QED) is 0.874. The number of hydrogen-bond acceptors (Lipinski definition) is 4. The molecular weight excluding hydrogens is 222 g/mol. The summed E-state index contributed by atoms with van der Waals surface area (Å²) in [4.78, 5) is 15.0. The van der Waals surface area contributed by atoms with Gasteiger partial charge in [-0.25, -0.2) is 9.78 Å². The number of aryl methyl sites for hydroxylation is 3. The monoisotopic (exact) mass is 235 g/mol. The fraction of sp³-hybridized carbons (Fsp3) is 0.364. The highest BCUT2D eigenvalue weighted by Crippen LogP contribution is 2.24. The standard InChI is InChI=1S/C11H13N3O3/c1-4-8-7(5-14(3)13-8)10-12-6(2)9(17-10)11(15)16/h5H,4H2,1-3H3,(H,15,16). The Balaban J connectivity index is 2.53. The van der Waals surface area contributed by atoms with Gasteiger partial charge in [-0.05, 0) is 13.3 Å². The third-order valence-electron chi connectivity index (χ3n) is 2.46. The van der Waals surface area contributed by atoms with Crippen molar-refractivity contribution in [1.29, 1.82) is 0 Å². The SMILES string of the molecule is CCc1nn(C)cc1-c1nc(C)c(C(=O)O)o1. The Hall–Kier alpha value is -2.11. The molecule has 0 unspecified atom stereocenters. The van der Waals surface area contributed by atoms with Crippen LogP contribution in [-0.2, 0) is 13.5 Å². The number of carboxylic acid groups (broad SMARTS) is 1. The van der Waals surface area contributed by atoms with E-state index in [-0.39, 0.29) is 5.76 Å². The number of rotatable bonds is 3. The first kappa shape index (κ1) is 11.4.